The van der Waals surface area contributed by atoms with E-state index in [9.17, 15) is 14.7 Å². The molecule has 0 aliphatic carbocycles. The quantitative estimate of drug-likeness (QED) is 0.320. The minimum Gasteiger partial charge on any atom is -0.545 e. The van der Waals surface area contributed by atoms with Gasteiger partial charge in [0.15, 0.2) is 0 Å². The van der Waals surface area contributed by atoms with Crippen LogP contribution in [0.4, 0.5) is 0 Å². The Morgan fingerprint density at radius 1 is 1.11 bits per heavy atom. The summed E-state index contributed by atoms with van der Waals surface area (Å²) in [6.45, 7) is 0. The zero-order chi connectivity index (χ0) is 12.7. The topological polar surface area (TPSA) is 144 Å². The Bertz CT molecular complexity index is 389. The van der Waals surface area contributed by atoms with Crippen molar-refractivity contribution in [3.8, 4) is 0 Å². The third-order valence-corrected chi connectivity index (χ3v) is 1.38. The molecule has 0 heterocycles. The first-order valence-corrected chi connectivity index (χ1v) is 3.71. The molecule has 0 unspecified atom stereocenters. The molecule has 0 bridgehead atoms. The fraction of sp³-hybridized carbons (Fsp3) is 0. The number of rotatable bonds is 2. The molecule has 1 aromatic carbocycles. The summed E-state index contributed by atoms with van der Waals surface area (Å²) in [5.74, 6) is -2.75. The van der Waals surface area contributed by atoms with Crippen LogP contribution in [0.25, 0.3) is 0 Å². The molecule has 0 aromatic heterocycles. The zero-order valence-corrected chi connectivity index (χ0v) is 12.8. The second kappa shape index (κ2) is 11.7. The van der Waals surface area contributed by atoms with Gasteiger partial charge in [-0.25, -0.2) is 4.79 Å². The zero-order valence-electron chi connectivity index (χ0n) is 9.65. The molecule has 0 fully saturated rings. The maximum absolute atomic E-state index is 10.4. The number of hydrogen-bond donors (Lipinski definition) is 1. The number of carboxylic acids is 2. The van der Waals surface area contributed by atoms with Crippen molar-refractivity contribution in [3.05, 3.63) is 50.7 Å². The van der Waals surface area contributed by atoms with Gasteiger partial charge >= 0.3 is 76.2 Å². The normalized spacial score (nSPS) is 7.56. The summed E-state index contributed by atoms with van der Waals surface area (Å²) in [7, 11) is 0. The number of nitrogens with zero attached hydrogens (tertiary/aromatic N) is 1. The van der Waals surface area contributed by atoms with E-state index in [0.717, 1.165) is 0 Å². The van der Waals surface area contributed by atoms with Gasteiger partial charge in [0.1, 0.15) is 0 Å². The second-order valence-electron chi connectivity index (χ2n) is 2.36. The Balaban J connectivity index is -0.000000332. The van der Waals surface area contributed by atoms with Crippen LogP contribution in [-0.4, -0.2) is 22.1 Å². The molecule has 0 atom stereocenters. The predicted molar refractivity (Wildman–Crippen MR) is 48.1 cm³/mol. The number of carbonyl (C=O) groups is 2. The fourth-order valence-electron chi connectivity index (χ4n) is 0.848. The standard InChI is InChI=1S/C8H6O4.K.Li.NO3/c9-7(10)5-3-1-2-4-6(5)8(11)12;;;2-1(3)4/h1-4H,(H,9,10)(H,11,12);;;/q;2*+1;-1/p-1. The van der Waals surface area contributed by atoms with Gasteiger partial charge in [0.05, 0.1) is 16.6 Å². The fourth-order valence-corrected chi connectivity index (χ4v) is 0.848. The minimum atomic E-state index is -1.75. The molecule has 1 rings (SSSR count). The molecule has 8 nitrogen and oxygen atoms in total. The monoisotopic (exact) mass is 273 g/mol. The average Bonchev–Trinajstić information content (AvgIpc) is 2.16. The molecule has 86 valence electrons. The molecule has 1 N–H and O–H groups in total. The summed E-state index contributed by atoms with van der Waals surface area (Å²) in [5, 5.41) is 33.6. The van der Waals surface area contributed by atoms with Gasteiger partial charge in [0, 0.05) is 5.56 Å². The van der Waals surface area contributed by atoms with Crippen molar-refractivity contribution in [3.63, 3.8) is 0 Å². The molecule has 0 amide bonds. The first kappa shape index (κ1) is 22.7. The van der Waals surface area contributed by atoms with Crippen LogP contribution >= 0.6 is 0 Å². The van der Waals surface area contributed by atoms with E-state index in [2.05, 4.69) is 0 Å². The summed E-state index contributed by atoms with van der Waals surface area (Å²) < 4.78 is 0. The van der Waals surface area contributed by atoms with E-state index in [1.807, 2.05) is 0 Å². The van der Waals surface area contributed by atoms with Gasteiger partial charge in [-0.2, -0.15) is 0 Å². The van der Waals surface area contributed by atoms with Gasteiger partial charge in [-0.15, -0.1) is 0 Å². The van der Waals surface area contributed by atoms with Crippen LogP contribution in [-0.2, 0) is 0 Å². The second-order valence-corrected chi connectivity index (χ2v) is 2.36. The molecular formula is C8H5KLiNO7. The average molecular weight is 273 g/mol. The van der Waals surface area contributed by atoms with Crippen molar-refractivity contribution in [2.75, 3.05) is 0 Å². The van der Waals surface area contributed by atoms with E-state index in [1.165, 1.54) is 24.3 Å². The van der Waals surface area contributed by atoms with Crippen LogP contribution in [0.1, 0.15) is 20.7 Å². The summed E-state index contributed by atoms with van der Waals surface area (Å²) >= 11 is 0. The van der Waals surface area contributed by atoms with Gasteiger partial charge in [0.25, 0.3) is 0 Å². The maximum atomic E-state index is 10.4. The summed E-state index contributed by atoms with van der Waals surface area (Å²) in [6.07, 6.45) is 0. The number of carboxylic acid groups (broad SMARTS) is 2. The predicted octanol–water partition coefficient (Wildman–Crippen LogP) is -6.48. The molecular weight excluding hydrogens is 268 g/mol. The number of carbonyl (C=O) groups excluding carboxylic acids is 1. The number of benzene rings is 1. The Labute approximate surface area is 156 Å². The first-order valence-electron chi connectivity index (χ1n) is 3.71. The molecule has 0 aliphatic heterocycles. The van der Waals surface area contributed by atoms with Gasteiger partial charge in [-0.1, -0.05) is 18.2 Å². The van der Waals surface area contributed by atoms with Crippen molar-refractivity contribution in [2.45, 2.75) is 0 Å². The van der Waals surface area contributed by atoms with Crippen LogP contribution < -0.4 is 75.4 Å². The van der Waals surface area contributed by atoms with E-state index < -0.39 is 17.0 Å². The van der Waals surface area contributed by atoms with Gasteiger partial charge in [-0.3, -0.25) is 0 Å². The van der Waals surface area contributed by atoms with Crippen LogP contribution in [0.3, 0.4) is 0 Å². The SMILES string of the molecule is O=C([O-])c1ccccc1C(=O)O.O=[N+]([O-])[O-].[K+].[Li+]. The van der Waals surface area contributed by atoms with Gasteiger partial charge in [-0.05, 0) is 6.07 Å². The van der Waals surface area contributed by atoms with E-state index in [1.54, 1.807) is 0 Å². The maximum Gasteiger partial charge on any atom is 1.00 e. The third-order valence-electron chi connectivity index (χ3n) is 1.38. The van der Waals surface area contributed by atoms with E-state index in [0.29, 0.717) is 0 Å². The van der Waals surface area contributed by atoms with E-state index in [4.69, 9.17) is 20.4 Å². The van der Waals surface area contributed by atoms with Crippen molar-refractivity contribution >= 4 is 11.9 Å². The molecule has 0 saturated carbocycles. The van der Waals surface area contributed by atoms with Crippen LogP contribution in [0.15, 0.2) is 24.3 Å². The van der Waals surface area contributed by atoms with Crippen LogP contribution in [0.2, 0.25) is 0 Å². The van der Waals surface area contributed by atoms with Crippen LogP contribution in [0.5, 0.6) is 0 Å². The largest absolute Gasteiger partial charge is 1.00 e. The summed E-state index contributed by atoms with van der Waals surface area (Å²) in [6, 6.07) is 5.31. The third kappa shape index (κ3) is 9.61. The number of aromatic carboxylic acids is 2. The Hall–Kier alpha value is -0.406. The van der Waals surface area contributed by atoms with Crippen molar-refractivity contribution in [2.24, 2.45) is 0 Å². The summed E-state index contributed by atoms with van der Waals surface area (Å²) in [5.41, 5.74) is -0.553. The van der Waals surface area contributed by atoms with Crippen LogP contribution in [0, 0.1) is 15.3 Å². The summed E-state index contributed by atoms with van der Waals surface area (Å²) in [4.78, 5) is 29.0. The molecule has 18 heavy (non-hydrogen) atoms. The Kier molecular flexibility index (Phi) is 14.7. The molecule has 0 saturated heterocycles. The Morgan fingerprint density at radius 3 is 1.67 bits per heavy atom. The minimum absolute atomic E-state index is 0. The molecule has 0 radical (unpaired) electrons. The smallest absolute Gasteiger partial charge is 0.545 e. The van der Waals surface area contributed by atoms with Crippen molar-refractivity contribution in [1.82, 2.24) is 0 Å². The van der Waals surface area contributed by atoms with Crippen molar-refractivity contribution in [1.29, 1.82) is 0 Å². The van der Waals surface area contributed by atoms with Gasteiger partial charge < -0.3 is 30.3 Å². The molecule has 10 heteroatoms. The van der Waals surface area contributed by atoms with E-state index >= 15 is 0 Å². The number of hydrogen-bond acceptors (Lipinski definition) is 6. The molecule has 0 spiro atoms. The molecule has 0 aliphatic rings. The van der Waals surface area contributed by atoms with Crippen molar-refractivity contribution < 1.29 is 95.1 Å². The van der Waals surface area contributed by atoms with E-state index in [-0.39, 0.29) is 81.4 Å². The van der Waals surface area contributed by atoms with Gasteiger partial charge in [0.2, 0.25) is 0 Å². The molecule has 1 aromatic rings. The Morgan fingerprint density at radius 2 is 1.44 bits per heavy atom. The first-order chi connectivity index (χ1) is 7.36.